The molecule has 0 aromatic heterocycles. The second kappa shape index (κ2) is 8.23. The van der Waals surface area contributed by atoms with Gasteiger partial charge in [0, 0.05) is 12.1 Å². The Labute approximate surface area is 186 Å². The smallest absolute Gasteiger partial charge is 0.321 e. The van der Waals surface area contributed by atoms with Crippen molar-refractivity contribution in [1.29, 1.82) is 0 Å². The van der Waals surface area contributed by atoms with E-state index in [1.165, 1.54) is 34.8 Å². The number of carbonyl (C=O) groups is 1. The maximum Gasteiger partial charge on any atom is 0.321 e. The molecular weight excluding hydrogens is 404 g/mol. The van der Waals surface area contributed by atoms with Crippen molar-refractivity contribution in [3.8, 4) is 0 Å². The summed E-state index contributed by atoms with van der Waals surface area (Å²) in [5.74, 6) is -0.850. The van der Waals surface area contributed by atoms with Crippen molar-refractivity contribution in [2.75, 3.05) is 6.54 Å². The van der Waals surface area contributed by atoms with Gasteiger partial charge in [0.25, 0.3) is 0 Å². The number of carboxylic acid groups (broad SMARTS) is 1. The molecular formula is C26H24N2O2S. The average Bonchev–Trinajstić information content (AvgIpc) is 2.75. The summed E-state index contributed by atoms with van der Waals surface area (Å²) in [6, 6.07) is 22.1. The van der Waals surface area contributed by atoms with Crippen molar-refractivity contribution in [1.82, 2.24) is 4.90 Å². The SMILES string of the molecule is CCN1C(SC(C(=O)O)c2ccccc2)=Nc2cc3ccccc3cc2C1=C1CCC1. The van der Waals surface area contributed by atoms with Gasteiger partial charge in [-0.3, -0.25) is 4.79 Å². The van der Waals surface area contributed by atoms with E-state index in [0.29, 0.717) is 0 Å². The van der Waals surface area contributed by atoms with Crippen molar-refractivity contribution in [2.45, 2.75) is 31.4 Å². The molecule has 0 saturated heterocycles. The van der Waals surface area contributed by atoms with Crippen LogP contribution in [-0.2, 0) is 4.79 Å². The summed E-state index contributed by atoms with van der Waals surface area (Å²) in [6.07, 6.45) is 3.40. The third kappa shape index (κ3) is 3.63. The Morgan fingerprint density at radius 2 is 1.74 bits per heavy atom. The molecule has 0 bridgehead atoms. The highest BCUT2D eigenvalue weighted by Crippen LogP contribution is 2.46. The number of aliphatic imine (C=N–C) groups is 1. The van der Waals surface area contributed by atoms with Gasteiger partial charge in [-0.25, -0.2) is 4.99 Å². The first kappa shape index (κ1) is 19.9. The fourth-order valence-electron chi connectivity index (χ4n) is 4.26. The summed E-state index contributed by atoms with van der Waals surface area (Å²) in [5.41, 5.74) is 5.53. The van der Waals surface area contributed by atoms with Crippen molar-refractivity contribution in [2.24, 2.45) is 4.99 Å². The number of rotatable bonds is 4. The van der Waals surface area contributed by atoms with Crippen LogP contribution in [0, 0.1) is 0 Å². The highest BCUT2D eigenvalue weighted by molar-refractivity contribution is 8.14. The van der Waals surface area contributed by atoms with E-state index < -0.39 is 11.2 Å². The molecule has 5 rings (SSSR count). The standard InChI is InChI=1S/C26H24N2O2S/c1-2-28-23(17-13-8-14-17)21-15-19-11-6-7-12-20(19)16-22(21)27-26(28)31-24(25(29)30)18-9-4-3-5-10-18/h3-7,9-12,15-16,24H,2,8,13-14H2,1H3,(H,29,30). The average molecular weight is 429 g/mol. The van der Waals surface area contributed by atoms with Crippen LogP contribution in [0.25, 0.3) is 16.5 Å². The van der Waals surface area contributed by atoms with Crippen LogP contribution in [0.2, 0.25) is 0 Å². The second-order valence-electron chi connectivity index (χ2n) is 7.91. The van der Waals surface area contributed by atoms with Crippen molar-refractivity contribution >= 4 is 45.1 Å². The molecule has 1 N–H and O–H groups in total. The number of hydrogen-bond donors (Lipinski definition) is 1. The van der Waals surface area contributed by atoms with Crippen LogP contribution in [0.1, 0.15) is 42.6 Å². The summed E-state index contributed by atoms with van der Waals surface area (Å²) in [4.78, 5) is 19.4. The monoisotopic (exact) mass is 428 g/mol. The first-order valence-electron chi connectivity index (χ1n) is 10.7. The van der Waals surface area contributed by atoms with Gasteiger partial charge in [0.15, 0.2) is 5.17 Å². The van der Waals surface area contributed by atoms with Gasteiger partial charge in [-0.15, -0.1) is 0 Å². The largest absolute Gasteiger partial charge is 0.480 e. The highest BCUT2D eigenvalue weighted by Gasteiger charge is 2.33. The summed E-state index contributed by atoms with van der Waals surface area (Å²) in [6.45, 7) is 2.86. The normalized spacial score (nSPS) is 16.5. The number of hydrogen-bond acceptors (Lipinski definition) is 4. The number of nitrogens with zero attached hydrogens (tertiary/aromatic N) is 2. The number of benzene rings is 3. The Kier molecular flexibility index (Phi) is 5.28. The third-order valence-corrected chi connectivity index (χ3v) is 7.23. The van der Waals surface area contributed by atoms with Crippen LogP contribution < -0.4 is 0 Å². The fraction of sp³-hybridized carbons (Fsp3) is 0.231. The number of aliphatic carboxylic acids is 1. The van der Waals surface area contributed by atoms with Gasteiger partial charge >= 0.3 is 5.97 Å². The zero-order valence-electron chi connectivity index (χ0n) is 17.4. The van der Waals surface area contributed by atoms with Crippen LogP contribution in [0.15, 0.2) is 77.3 Å². The quantitative estimate of drug-likeness (QED) is 0.507. The molecule has 2 aliphatic rings. The van der Waals surface area contributed by atoms with E-state index in [1.54, 1.807) is 0 Å². The number of carboxylic acids is 1. The molecule has 1 aliphatic heterocycles. The summed E-state index contributed by atoms with van der Waals surface area (Å²) in [5, 5.41) is 12.4. The summed E-state index contributed by atoms with van der Waals surface area (Å²) < 4.78 is 0. The Hall–Kier alpha value is -3.05. The van der Waals surface area contributed by atoms with Crippen LogP contribution in [0.4, 0.5) is 5.69 Å². The molecule has 0 spiro atoms. The molecule has 1 atom stereocenters. The molecule has 1 fully saturated rings. The molecule has 3 aromatic rings. The molecule has 5 heteroatoms. The Morgan fingerprint density at radius 1 is 1.06 bits per heavy atom. The van der Waals surface area contributed by atoms with Gasteiger partial charge in [0.2, 0.25) is 0 Å². The van der Waals surface area contributed by atoms with Gasteiger partial charge in [0.1, 0.15) is 5.25 Å². The maximum atomic E-state index is 12.2. The predicted octanol–water partition coefficient (Wildman–Crippen LogP) is 6.62. The predicted molar refractivity (Wildman–Crippen MR) is 129 cm³/mol. The minimum atomic E-state index is -0.850. The van der Waals surface area contributed by atoms with Crippen LogP contribution in [-0.4, -0.2) is 27.7 Å². The Balaban J connectivity index is 1.65. The topological polar surface area (TPSA) is 52.9 Å². The van der Waals surface area contributed by atoms with Crippen LogP contribution in [0.5, 0.6) is 0 Å². The highest BCUT2D eigenvalue weighted by atomic mass is 32.2. The number of thioether (sulfide) groups is 1. The van der Waals surface area contributed by atoms with E-state index >= 15 is 0 Å². The van der Waals surface area contributed by atoms with Gasteiger partial charge < -0.3 is 10.0 Å². The fourth-order valence-corrected chi connectivity index (χ4v) is 5.37. The number of fused-ring (bicyclic) bond motifs is 2. The summed E-state index contributed by atoms with van der Waals surface area (Å²) in [7, 11) is 0. The lowest BCUT2D eigenvalue weighted by Gasteiger charge is -2.36. The minimum Gasteiger partial charge on any atom is -0.480 e. The molecule has 0 radical (unpaired) electrons. The zero-order chi connectivity index (χ0) is 21.4. The van der Waals surface area contributed by atoms with E-state index in [9.17, 15) is 9.90 Å². The molecule has 156 valence electrons. The van der Waals surface area contributed by atoms with E-state index in [4.69, 9.17) is 4.99 Å². The van der Waals surface area contributed by atoms with Crippen molar-refractivity contribution in [3.63, 3.8) is 0 Å². The van der Waals surface area contributed by atoms with Gasteiger partial charge in [-0.2, -0.15) is 0 Å². The number of amidine groups is 1. The van der Waals surface area contributed by atoms with E-state index in [0.717, 1.165) is 46.8 Å². The molecule has 1 heterocycles. The van der Waals surface area contributed by atoms with E-state index in [2.05, 4.69) is 42.2 Å². The van der Waals surface area contributed by atoms with Gasteiger partial charge in [0.05, 0.1) is 11.4 Å². The Morgan fingerprint density at radius 3 is 2.35 bits per heavy atom. The van der Waals surface area contributed by atoms with Gasteiger partial charge in [-0.05, 0) is 60.2 Å². The molecule has 1 saturated carbocycles. The third-order valence-electron chi connectivity index (χ3n) is 5.99. The Bertz CT molecular complexity index is 1210. The lowest BCUT2D eigenvalue weighted by molar-refractivity contribution is -0.136. The second-order valence-corrected chi connectivity index (χ2v) is 8.98. The lowest BCUT2D eigenvalue weighted by atomic mass is 9.86. The van der Waals surface area contributed by atoms with E-state index in [1.807, 2.05) is 36.4 Å². The maximum absolute atomic E-state index is 12.2. The zero-order valence-corrected chi connectivity index (χ0v) is 18.2. The molecule has 1 aliphatic carbocycles. The van der Waals surface area contributed by atoms with Crippen LogP contribution >= 0.6 is 11.8 Å². The van der Waals surface area contributed by atoms with Crippen molar-refractivity contribution in [3.05, 3.63) is 83.4 Å². The molecule has 31 heavy (non-hydrogen) atoms. The number of allylic oxidation sites excluding steroid dienone is 1. The summed E-state index contributed by atoms with van der Waals surface area (Å²) >= 11 is 1.33. The minimum absolute atomic E-state index is 0.705. The lowest BCUT2D eigenvalue weighted by Crippen LogP contribution is -2.32. The molecule has 0 amide bonds. The molecule has 4 nitrogen and oxygen atoms in total. The first-order chi connectivity index (χ1) is 15.2. The molecule has 1 unspecified atom stereocenters. The van der Waals surface area contributed by atoms with Gasteiger partial charge in [-0.1, -0.05) is 66.4 Å². The first-order valence-corrected chi connectivity index (χ1v) is 11.6. The van der Waals surface area contributed by atoms with Crippen LogP contribution in [0.3, 0.4) is 0 Å². The molecule has 3 aromatic carbocycles. The van der Waals surface area contributed by atoms with E-state index in [-0.39, 0.29) is 0 Å². The van der Waals surface area contributed by atoms with Crippen molar-refractivity contribution < 1.29 is 9.90 Å².